The molecule has 1 saturated carbocycles. The van der Waals surface area contributed by atoms with Crippen LogP contribution >= 0.6 is 0 Å². The number of rotatable bonds is 4. The van der Waals surface area contributed by atoms with Crippen LogP contribution in [0.1, 0.15) is 46.0 Å². The van der Waals surface area contributed by atoms with Crippen molar-refractivity contribution in [3.63, 3.8) is 0 Å². The zero-order valence-corrected chi connectivity index (χ0v) is 10.6. The number of nitrogens with one attached hydrogen (secondary N) is 1. The molecule has 0 aromatic rings. The Morgan fingerprint density at radius 1 is 1.35 bits per heavy atom. The van der Waals surface area contributed by atoms with E-state index in [2.05, 4.69) is 5.32 Å². The van der Waals surface area contributed by atoms with Gasteiger partial charge < -0.3 is 10.1 Å². The fourth-order valence-corrected chi connectivity index (χ4v) is 2.12. The fraction of sp³-hybridized carbons (Fsp3) is 0.692. The molecule has 1 aliphatic carbocycles. The molecule has 0 aromatic carbocycles. The second-order valence-corrected chi connectivity index (χ2v) is 4.53. The molecule has 0 saturated heterocycles. The molecule has 4 nitrogen and oxygen atoms in total. The second kappa shape index (κ2) is 7.09. The smallest absolute Gasteiger partial charge is 0.293 e. The van der Waals surface area contributed by atoms with E-state index in [-0.39, 0.29) is 17.9 Å². The van der Waals surface area contributed by atoms with Gasteiger partial charge in [0.25, 0.3) is 6.47 Å². The SMILES string of the molecule is CC=C(C)NC(=O)C1CCCCC(OC=O)C1. The van der Waals surface area contributed by atoms with Crippen LogP contribution in [0.25, 0.3) is 0 Å². The van der Waals surface area contributed by atoms with Gasteiger partial charge in [-0.05, 0) is 39.5 Å². The quantitative estimate of drug-likeness (QED) is 0.604. The largest absolute Gasteiger partial charge is 0.465 e. The predicted octanol–water partition coefficient (Wildman–Crippen LogP) is 2.15. The lowest BCUT2D eigenvalue weighted by atomic mass is 9.98. The Kier molecular flexibility index (Phi) is 5.73. The zero-order valence-electron chi connectivity index (χ0n) is 10.6. The van der Waals surface area contributed by atoms with Gasteiger partial charge in [-0.2, -0.15) is 0 Å². The number of carbonyl (C=O) groups is 2. The van der Waals surface area contributed by atoms with Gasteiger partial charge in [0.2, 0.25) is 5.91 Å². The third kappa shape index (κ3) is 4.59. The first-order chi connectivity index (χ1) is 8.17. The van der Waals surface area contributed by atoms with Crippen LogP contribution in [0.15, 0.2) is 11.8 Å². The molecule has 1 aliphatic rings. The van der Waals surface area contributed by atoms with Crippen molar-refractivity contribution in [2.24, 2.45) is 5.92 Å². The van der Waals surface area contributed by atoms with Gasteiger partial charge in [-0.3, -0.25) is 9.59 Å². The highest BCUT2D eigenvalue weighted by Gasteiger charge is 2.26. The van der Waals surface area contributed by atoms with Crippen molar-refractivity contribution in [2.45, 2.75) is 52.1 Å². The van der Waals surface area contributed by atoms with Crippen molar-refractivity contribution in [3.8, 4) is 0 Å². The van der Waals surface area contributed by atoms with Crippen LogP contribution in [0.2, 0.25) is 0 Å². The van der Waals surface area contributed by atoms with E-state index in [0.29, 0.717) is 12.9 Å². The van der Waals surface area contributed by atoms with Gasteiger partial charge in [0.15, 0.2) is 0 Å². The number of ether oxygens (including phenoxy) is 1. The van der Waals surface area contributed by atoms with E-state index in [1.54, 1.807) is 0 Å². The molecule has 2 atom stereocenters. The number of amides is 1. The molecule has 1 fully saturated rings. The molecule has 4 heteroatoms. The summed E-state index contributed by atoms with van der Waals surface area (Å²) in [7, 11) is 0. The first-order valence-electron chi connectivity index (χ1n) is 6.20. The van der Waals surface area contributed by atoms with Crippen LogP contribution in [0.5, 0.6) is 0 Å². The van der Waals surface area contributed by atoms with Crippen LogP contribution in [-0.4, -0.2) is 18.5 Å². The van der Waals surface area contributed by atoms with Crippen LogP contribution in [0.3, 0.4) is 0 Å². The molecule has 17 heavy (non-hydrogen) atoms. The molecule has 0 spiro atoms. The highest BCUT2D eigenvalue weighted by Crippen LogP contribution is 2.25. The van der Waals surface area contributed by atoms with Gasteiger partial charge >= 0.3 is 0 Å². The number of allylic oxidation sites excluding steroid dienone is 2. The van der Waals surface area contributed by atoms with Crippen LogP contribution in [0.4, 0.5) is 0 Å². The molecular weight excluding hydrogens is 218 g/mol. The van der Waals surface area contributed by atoms with E-state index in [4.69, 9.17) is 4.74 Å². The lowest BCUT2D eigenvalue weighted by Crippen LogP contribution is -2.31. The number of hydrogen-bond acceptors (Lipinski definition) is 3. The Bertz CT molecular complexity index is 299. The van der Waals surface area contributed by atoms with Gasteiger partial charge in [-0.15, -0.1) is 0 Å². The molecule has 1 amide bonds. The topological polar surface area (TPSA) is 55.4 Å². The van der Waals surface area contributed by atoms with E-state index >= 15 is 0 Å². The van der Waals surface area contributed by atoms with Crippen molar-refractivity contribution in [3.05, 3.63) is 11.8 Å². The average molecular weight is 239 g/mol. The van der Waals surface area contributed by atoms with Crippen molar-refractivity contribution in [1.29, 1.82) is 0 Å². The monoisotopic (exact) mass is 239 g/mol. The van der Waals surface area contributed by atoms with Crippen molar-refractivity contribution < 1.29 is 14.3 Å². The summed E-state index contributed by atoms with van der Waals surface area (Å²) in [4.78, 5) is 22.3. The standard InChI is InChI=1S/C13H21NO3/c1-3-10(2)14-13(16)11-6-4-5-7-12(8-11)17-9-15/h3,9,11-12H,4-8H2,1-2H3,(H,14,16). The van der Waals surface area contributed by atoms with Gasteiger partial charge in [0, 0.05) is 11.6 Å². The minimum atomic E-state index is -0.100. The molecule has 0 aliphatic heterocycles. The Labute approximate surface area is 102 Å². The Balaban J connectivity index is 2.55. The maximum Gasteiger partial charge on any atom is 0.293 e. The third-order valence-corrected chi connectivity index (χ3v) is 3.25. The molecule has 96 valence electrons. The first-order valence-corrected chi connectivity index (χ1v) is 6.20. The van der Waals surface area contributed by atoms with E-state index in [1.807, 2.05) is 19.9 Å². The van der Waals surface area contributed by atoms with Gasteiger partial charge in [0.1, 0.15) is 6.10 Å². The Morgan fingerprint density at radius 3 is 2.71 bits per heavy atom. The third-order valence-electron chi connectivity index (χ3n) is 3.25. The van der Waals surface area contributed by atoms with Gasteiger partial charge in [0.05, 0.1) is 0 Å². The summed E-state index contributed by atoms with van der Waals surface area (Å²) >= 11 is 0. The summed E-state index contributed by atoms with van der Waals surface area (Å²) in [5, 5.41) is 2.87. The first kappa shape index (κ1) is 13.7. The average Bonchev–Trinajstić information content (AvgIpc) is 2.55. The molecule has 0 heterocycles. The number of carbonyl (C=O) groups excluding carboxylic acids is 2. The van der Waals surface area contributed by atoms with Gasteiger partial charge in [-0.1, -0.05) is 12.5 Å². The van der Waals surface area contributed by atoms with E-state index in [0.717, 1.165) is 31.4 Å². The summed E-state index contributed by atoms with van der Waals surface area (Å²) in [6.07, 6.45) is 6.19. The summed E-state index contributed by atoms with van der Waals surface area (Å²) in [6, 6.07) is 0. The second-order valence-electron chi connectivity index (χ2n) is 4.53. The number of hydrogen-bond donors (Lipinski definition) is 1. The minimum Gasteiger partial charge on any atom is -0.465 e. The molecule has 0 aromatic heterocycles. The normalized spacial score (nSPS) is 25.9. The van der Waals surface area contributed by atoms with E-state index in [9.17, 15) is 9.59 Å². The summed E-state index contributed by atoms with van der Waals surface area (Å²) < 4.78 is 5.00. The molecule has 0 bridgehead atoms. The summed E-state index contributed by atoms with van der Waals surface area (Å²) in [5.74, 6) is -0.000603. The lowest BCUT2D eigenvalue weighted by molar-refractivity contribution is -0.136. The summed E-state index contributed by atoms with van der Waals surface area (Å²) in [6.45, 7) is 4.25. The predicted molar refractivity (Wildman–Crippen MR) is 65.1 cm³/mol. The van der Waals surface area contributed by atoms with E-state index < -0.39 is 0 Å². The molecular formula is C13H21NO3. The maximum absolute atomic E-state index is 12.0. The lowest BCUT2D eigenvalue weighted by Gasteiger charge is -2.18. The molecule has 2 unspecified atom stereocenters. The molecule has 0 radical (unpaired) electrons. The Morgan fingerprint density at radius 2 is 2.06 bits per heavy atom. The van der Waals surface area contributed by atoms with Crippen molar-refractivity contribution >= 4 is 12.4 Å². The molecule has 1 rings (SSSR count). The highest BCUT2D eigenvalue weighted by molar-refractivity contribution is 5.80. The highest BCUT2D eigenvalue weighted by atomic mass is 16.5. The van der Waals surface area contributed by atoms with Crippen molar-refractivity contribution in [1.82, 2.24) is 5.32 Å². The van der Waals surface area contributed by atoms with Crippen molar-refractivity contribution in [2.75, 3.05) is 0 Å². The van der Waals surface area contributed by atoms with Gasteiger partial charge in [-0.25, -0.2) is 0 Å². The maximum atomic E-state index is 12.0. The van der Waals surface area contributed by atoms with Crippen LogP contribution in [-0.2, 0) is 14.3 Å². The molecule has 1 N–H and O–H groups in total. The van der Waals surface area contributed by atoms with E-state index in [1.165, 1.54) is 0 Å². The summed E-state index contributed by atoms with van der Waals surface area (Å²) in [5.41, 5.74) is 0.868. The van der Waals surface area contributed by atoms with Crippen LogP contribution in [0, 0.1) is 5.92 Å². The minimum absolute atomic E-state index is 0.0435. The fourth-order valence-electron chi connectivity index (χ4n) is 2.12. The Hall–Kier alpha value is -1.32. The zero-order chi connectivity index (χ0) is 12.7. The van der Waals surface area contributed by atoms with Crippen LogP contribution < -0.4 is 5.32 Å².